The number of methoxy groups -OCH3 is 2. The van der Waals surface area contributed by atoms with Crippen molar-refractivity contribution in [2.45, 2.75) is 0 Å². The molecule has 3 aromatic carbocycles. The number of amides is 2. The number of carbonyl (C=O) groups excluding carboxylic acids is 1. The zero-order chi connectivity index (χ0) is 24.2. The van der Waals surface area contributed by atoms with Gasteiger partial charge in [0.2, 0.25) is 0 Å². The number of anilines is 2. The van der Waals surface area contributed by atoms with Gasteiger partial charge in [-0.1, -0.05) is 0 Å². The zero-order valence-electron chi connectivity index (χ0n) is 18.3. The number of nitrogens with zero attached hydrogens (tertiary/aromatic N) is 3. The second-order valence-corrected chi connectivity index (χ2v) is 7.08. The van der Waals surface area contributed by atoms with Crippen LogP contribution in [-0.4, -0.2) is 30.2 Å². The Labute approximate surface area is 194 Å². The minimum absolute atomic E-state index is 0.0873. The highest BCUT2D eigenvalue weighted by Gasteiger charge is 2.17. The highest BCUT2D eigenvalue weighted by molar-refractivity contribution is 5.98. The summed E-state index contributed by atoms with van der Waals surface area (Å²) in [6, 6.07) is 16.8. The number of rotatable bonds is 7. The van der Waals surface area contributed by atoms with E-state index < -0.39 is 11.0 Å². The molecule has 4 rings (SSSR count). The summed E-state index contributed by atoms with van der Waals surface area (Å²) < 4.78 is 16.8. The summed E-state index contributed by atoms with van der Waals surface area (Å²) in [4.78, 5) is 28.1. The van der Waals surface area contributed by atoms with Gasteiger partial charge in [-0.15, -0.1) is 0 Å². The van der Waals surface area contributed by atoms with Gasteiger partial charge >= 0.3 is 6.03 Å². The fourth-order valence-corrected chi connectivity index (χ4v) is 3.45. The van der Waals surface area contributed by atoms with Crippen molar-refractivity contribution < 1.29 is 23.9 Å². The smallest absolute Gasteiger partial charge is 0.323 e. The Kier molecular flexibility index (Phi) is 6.13. The lowest BCUT2D eigenvalue weighted by atomic mass is 10.1. The number of ether oxygens (including phenoxy) is 3. The molecular formula is C24H20N4O6. The molecule has 0 atom stereocenters. The van der Waals surface area contributed by atoms with Crippen molar-refractivity contribution in [3.05, 3.63) is 83.0 Å². The summed E-state index contributed by atoms with van der Waals surface area (Å²) in [6.07, 6.45) is 1.63. The van der Waals surface area contributed by atoms with Crippen LogP contribution in [0.4, 0.5) is 21.9 Å². The van der Waals surface area contributed by atoms with Gasteiger partial charge in [-0.25, -0.2) is 4.79 Å². The van der Waals surface area contributed by atoms with Crippen LogP contribution in [0.1, 0.15) is 0 Å². The number of non-ortho nitro benzene ring substituents is 1. The van der Waals surface area contributed by atoms with Crippen LogP contribution in [0.15, 0.2) is 72.9 Å². The highest BCUT2D eigenvalue weighted by Crippen LogP contribution is 2.37. The van der Waals surface area contributed by atoms with Crippen molar-refractivity contribution in [3.8, 4) is 23.0 Å². The van der Waals surface area contributed by atoms with Crippen LogP contribution in [0.5, 0.6) is 23.0 Å². The van der Waals surface area contributed by atoms with E-state index in [1.165, 1.54) is 29.2 Å². The average molecular weight is 460 g/mol. The van der Waals surface area contributed by atoms with Crippen LogP contribution in [0, 0.1) is 10.1 Å². The van der Waals surface area contributed by atoms with E-state index >= 15 is 0 Å². The molecule has 1 aromatic heterocycles. The van der Waals surface area contributed by atoms with E-state index in [0.717, 1.165) is 5.39 Å². The van der Waals surface area contributed by atoms with E-state index in [2.05, 4.69) is 4.98 Å². The highest BCUT2D eigenvalue weighted by atomic mass is 16.6. The molecule has 34 heavy (non-hydrogen) atoms. The number of primary amides is 1. The Bertz CT molecular complexity index is 1360. The van der Waals surface area contributed by atoms with Gasteiger partial charge in [-0.3, -0.25) is 20.0 Å². The van der Waals surface area contributed by atoms with Crippen LogP contribution in [0.2, 0.25) is 0 Å². The first-order valence-electron chi connectivity index (χ1n) is 10.0. The number of benzene rings is 3. The SMILES string of the molecule is COc1cc2nccc(Oc3ccc(N(C(N)=O)c4ccc([N+](=O)[O-])cc4)cc3)c2cc1OC. The van der Waals surface area contributed by atoms with Gasteiger partial charge in [-0.05, 0) is 48.5 Å². The van der Waals surface area contributed by atoms with E-state index in [1.807, 2.05) is 0 Å². The second-order valence-electron chi connectivity index (χ2n) is 7.08. The number of aromatic nitrogens is 1. The average Bonchev–Trinajstić information content (AvgIpc) is 2.84. The number of pyridine rings is 1. The normalized spacial score (nSPS) is 10.5. The molecule has 4 aromatic rings. The summed E-state index contributed by atoms with van der Waals surface area (Å²) in [6.45, 7) is 0. The number of nitro benzene ring substituents is 1. The molecule has 0 aliphatic carbocycles. The molecule has 0 fully saturated rings. The number of nitrogens with two attached hydrogens (primary N) is 1. The molecule has 0 saturated carbocycles. The van der Waals surface area contributed by atoms with E-state index in [4.69, 9.17) is 19.9 Å². The molecule has 0 bridgehead atoms. The first-order valence-corrected chi connectivity index (χ1v) is 10.0. The minimum Gasteiger partial charge on any atom is -0.493 e. The van der Waals surface area contributed by atoms with Gasteiger partial charge in [0.05, 0.1) is 36.0 Å². The molecule has 1 heterocycles. The number of hydrogen-bond acceptors (Lipinski definition) is 7. The van der Waals surface area contributed by atoms with E-state index in [1.54, 1.807) is 62.9 Å². The maximum absolute atomic E-state index is 12.1. The van der Waals surface area contributed by atoms with Gasteiger partial charge in [-0.2, -0.15) is 0 Å². The largest absolute Gasteiger partial charge is 0.493 e. The Balaban J connectivity index is 1.63. The molecule has 2 amide bonds. The lowest BCUT2D eigenvalue weighted by Crippen LogP contribution is -2.31. The summed E-state index contributed by atoms with van der Waals surface area (Å²) in [5, 5.41) is 11.6. The van der Waals surface area contributed by atoms with Gasteiger partial charge in [0, 0.05) is 29.8 Å². The van der Waals surface area contributed by atoms with Crippen LogP contribution < -0.4 is 24.8 Å². The molecule has 0 saturated heterocycles. The maximum Gasteiger partial charge on any atom is 0.323 e. The number of fused-ring (bicyclic) bond motifs is 1. The van der Waals surface area contributed by atoms with E-state index in [9.17, 15) is 14.9 Å². The molecule has 0 aliphatic rings. The topological polar surface area (TPSA) is 130 Å². The zero-order valence-corrected chi connectivity index (χ0v) is 18.3. The van der Waals surface area contributed by atoms with Crippen molar-refractivity contribution in [2.24, 2.45) is 5.73 Å². The summed E-state index contributed by atoms with van der Waals surface area (Å²) in [7, 11) is 3.10. The third-order valence-corrected chi connectivity index (χ3v) is 5.07. The van der Waals surface area contributed by atoms with E-state index in [0.29, 0.717) is 39.9 Å². The maximum atomic E-state index is 12.1. The summed E-state index contributed by atoms with van der Waals surface area (Å²) in [5.41, 5.74) is 7.02. The van der Waals surface area contributed by atoms with Gasteiger partial charge in [0.25, 0.3) is 5.69 Å². The summed E-state index contributed by atoms with van der Waals surface area (Å²) >= 11 is 0. The third kappa shape index (κ3) is 4.37. The Hall–Kier alpha value is -4.86. The molecule has 0 aliphatic heterocycles. The van der Waals surface area contributed by atoms with Crippen molar-refractivity contribution in [1.82, 2.24) is 4.98 Å². The Morgan fingerprint density at radius 2 is 1.50 bits per heavy atom. The molecule has 2 N–H and O–H groups in total. The Morgan fingerprint density at radius 1 is 0.912 bits per heavy atom. The molecule has 172 valence electrons. The molecule has 0 unspecified atom stereocenters. The van der Waals surface area contributed by atoms with Crippen molar-refractivity contribution in [2.75, 3.05) is 19.1 Å². The number of hydrogen-bond donors (Lipinski definition) is 1. The number of carbonyl (C=O) groups is 1. The van der Waals surface area contributed by atoms with E-state index in [-0.39, 0.29) is 5.69 Å². The quantitative estimate of drug-likeness (QED) is 0.297. The van der Waals surface area contributed by atoms with Crippen LogP contribution in [-0.2, 0) is 0 Å². The third-order valence-electron chi connectivity index (χ3n) is 5.07. The minimum atomic E-state index is -0.733. The van der Waals surface area contributed by atoms with Crippen LogP contribution in [0.25, 0.3) is 10.9 Å². The fourth-order valence-electron chi connectivity index (χ4n) is 3.45. The second kappa shape index (κ2) is 9.33. The Morgan fingerprint density at radius 3 is 2.06 bits per heavy atom. The van der Waals surface area contributed by atoms with Gasteiger partial charge in [0.15, 0.2) is 11.5 Å². The van der Waals surface area contributed by atoms with Crippen molar-refractivity contribution in [3.63, 3.8) is 0 Å². The predicted octanol–water partition coefficient (Wildman–Crippen LogP) is 5.17. The summed E-state index contributed by atoms with van der Waals surface area (Å²) in [5.74, 6) is 2.17. The molecular weight excluding hydrogens is 440 g/mol. The molecule has 10 nitrogen and oxygen atoms in total. The molecule has 0 radical (unpaired) electrons. The number of urea groups is 1. The van der Waals surface area contributed by atoms with Crippen molar-refractivity contribution >= 4 is 34.0 Å². The molecule has 10 heteroatoms. The first-order chi connectivity index (χ1) is 16.4. The first kappa shape index (κ1) is 22.3. The van der Waals surface area contributed by atoms with Gasteiger partial charge < -0.3 is 19.9 Å². The monoisotopic (exact) mass is 460 g/mol. The lowest BCUT2D eigenvalue weighted by Gasteiger charge is -2.21. The van der Waals surface area contributed by atoms with Crippen LogP contribution in [0.3, 0.4) is 0 Å². The van der Waals surface area contributed by atoms with Crippen LogP contribution >= 0.6 is 0 Å². The molecule has 0 spiro atoms. The number of nitro groups is 1. The van der Waals surface area contributed by atoms with Crippen molar-refractivity contribution in [1.29, 1.82) is 0 Å². The van der Waals surface area contributed by atoms with Gasteiger partial charge in [0.1, 0.15) is 11.5 Å². The lowest BCUT2D eigenvalue weighted by molar-refractivity contribution is -0.384. The standard InChI is InChI=1S/C24H20N4O6/c1-32-22-13-19-20(14-23(22)33-2)26-12-11-21(19)34-18-9-7-16(8-10-18)27(24(25)29)15-3-5-17(6-4-15)28(30)31/h3-14H,1-2H3,(H2,25,29). The fraction of sp³-hybridized carbons (Fsp3) is 0.0833. The predicted molar refractivity (Wildman–Crippen MR) is 126 cm³/mol.